The number of benzene rings is 2. The van der Waals surface area contributed by atoms with Crippen molar-refractivity contribution in [2.24, 2.45) is 0 Å². The van der Waals surface area contributed by atoms with E-state index in [-0.39, 0.29) is 6.03 Å². The van der Waals surface area contributed by atoms with Gasteiger partial charge in [-0.3, -0.25) is 4.68 Å². The van der Waals surface area contributed by atoms with Gasteiger partial charge in [0.15, 0.2) is 0 Å². The number of nitrogens with one attached hydrogen (secondary N) is 1. The number of aromatic nitrogens is 2. The van der Waals surface area contributed by atoms with E-state index >= 15 is 0 Å². The van der Waals surface area contributed by atoms with Crippen LogP contribution in [0.3, 0.4) is 0 Å². The summed E-state index contributed by atoms with van der Waals surface area (Å²) >= 11 is 0. The van der Waals surface area contributed by atoms with Crippen molar-refractivity contribution in [1.29, 1.82) is 0 Å². The zero-order valence-corrected chi connectivity index (χ0v) is 14.5. The van der Waals surface area contributed by atoms with Gasteiger partial charge < -0.3 is 10.2 Å². The molecule has 2 amide bonds. The number of carbonyl (C=O) groups excluding carboxylic acids is 1. The molecule has 0 saturated carbocycles. The monoisotopic (exact) mass is 334 g/mol. The molecule has 128 valence electrons. The number of hydrogen-bond donors (Lipinski definition) is 1. The highest BCUT2D eigenvalue weighted by atomic mass is 16.2. The molecule has 0 unspecified atom stereocenters. The molecule has 0 fully saturated rings. The number of rotatable bonds is 5. The summed E-state index contributed by atoms with van der Waals surface area (Å²) in [5.74, 6) is 0. The number of amides is 2. The van der Waals surface area contributed by atoms with Gasteiger partial charge in [0.05, 0.1) is 6.54 Å². The maximum Gasteiger partial charge on any atom is 0.321 e. The van der Waals surface area contributed by atoms with Gasteiger partial charge in [0.25, 0.3) is 0 Å². The Morgan fingerprint density at radius 2 is 2.00 bits per heavy atom. The number of aryl methyl sites for hydroxylation is 1. The van der Waals surface area contributed by atoms with Crippen LogP contribution in [0.4, 0.5) is 10.5 Å². The van der Waals surface area contributed by atoms with Crippen molar-refractivity contribution >= 4 is 11.7 Å². The summed E-state index contributed by atoms with van der Waals surface area (Å²) in [6.07, 6.45) is 3.67. The first kappa shape index (κ1) is 16.8. The van der Waals surface area contributed by atoms with Gasteiger partial charge in [-0.15, -0.1) is 0 Å². The number of urea groups is 1. The van der Waals surface area contributed by atoms with Crippen molar-refractivity contribution in [3.8, 4) is 0 Å². The Balaban J connectivity index is 1.63. The average Bonchev–Trinajstić information content (AvgIpc) is 3.10. The summed E-state index contributed by atoms with van der Waals surface area (Å²) in [7, 11) is 1.80. The molecule has 0 saturated heterocycles. The van der Waals surface area contributed by atoms with Crippen LogP contribution in [-0.2, 0) is 13.1 Å². The third kappa shape index (κ3) is 4.47. The van der Waals surface area contributed by atoms with Crippen LogP contribution in [0.5, 0.6) is 0 Å². The zero-order chi connectivity index (χ0) is 17.6. The first-order valence-electron chi connectivity index (χ1n) is 8.25. The fourth-order valence-electron chi connectivity index (χ4n) is 2.66. The molecular formula is C20H22N4O. The van der Waals surface area contributed by atoms with Gasteiger partial charge >= 0.3 is 6.03 Å². The summed E-state index contributed by atoms with van der Waals surface area (Å²) in [6.45, 7) is 3.31. The lowest BCUT2D eigenvalue weighted by Crippen LogP contribution is -2.31. The summed E-state index contributed by atoms with van der Waals surface area (Å²) < 4.78 is 1.85. The van der Waals surface area contributed by atoms with Crippen molar-refractivity contribution < 1.29 is 4.79 Å². The lowest BCUT2D eigenvalue weighted by molar-refractivity contribution is 0.220. The van der Waals surface area contributed by atoms with Crippen LogP contribution >= 0.6 is 0 Å². The van der Waals surface area contributed by atoms with E-state index in [2.05, 4.69) is 23.4 Å². The summed E-state index contributed by atoms with van der Waals surface area (Å²) in [6, 6.07) is 17.7. The van der Waals surface area contributed by atoms with Gasteiger partial charge in [-0.1, -0.05) is 36.4 Å². The van der Waals surface area contributed by atoms with Gasteiger partial charge in [-0.25, -0.2) is 4.79 Å². The van der Waals surface area contributed by atoms with Crippen LogP contribution in [0.25, 0.3) is 0 Å². The highest BCUT2D eigenvalue weighted by Crippen LogP contribution is 2.14. The Bertz CT molecular complexity index is 842. The lowest BCUT2D eigenvalue weighted by atomic mass is 10.1. The van der Waals surface area contributed by atoms with Crippen molar-refractivity contribution in [3.63, 3.8) is 0 Å². The molecule has 3 aromatic rings. The van der Waals surface area contributed by atoms with Crippen LogP contribution in [0, 0.1) is 6.92 Å². The third-order valence-electron chi connectivity index (χ3n) is 4.10. The standard InChI is InChI=1S/C20H22N4O/c1-16-7-3-4-9-18(16)15-23(2)20(25)22-19-10-5-8-17(13-19)14-24-12-6-11-21-24/h3-13H,14-15H2,1-2H3,(H,22,25). The highest BCUT2D eigenvalue weighted by Gasteiger charge is 2.10. The second-order valence-corrected chi connectivity index (χ2v) is 6.12. The quantitative estimate of drug-likeness (QED) is 0.769. The van der Waals surface area contributed by atoms with Crippen molar-refractivity contribution in [3.05, 3.63) is 83.7 Å². The topological polar surface area (TPSA) is 50.2 Å². The zero-order valence-electron chi connectivity index (χ0n) is 14.5. The fourth-order valence-corrected chi connectivity index (χ4v) is 2.66. The Labute approximate surface area is 147 Å². The van der Waals surface area contributed by atoms with Gasteiger partial charge in [-0.05, 0) is 41.8 Å². The van der Waals surface area contributed by atoms with Crippen molar-refractivity contribution in [2.75, 3.05) is 12.4 Å². The van der Waals surface area contributed by atoms with E-state index in [4.69, 9.17) is 0 Å². The SMILES string of the molecule is Cc1ccccc1CN(C)C(=O)Nc1cccc(Cn2cccn2)c1. The Kier molecular flexibility index (Phi) is 5.14. The van der Waals surface area contributed by atoms with Crippen molar-refractivity contribution in [2.45, 2.75) is 20.0 Å². The first-order chi connectivity index (χ1) is 12.1. The Hall–Kier alpha value is -3.08. The molecule has 0 aliphatic rings. The van der Waals surface area contributed by atoms with Gasteiger partial charge in [0.2, 0.25) is 0 Å². The van der Waals surface area contributed by atoms with Crippen LogP contribution in [0.2, 0.25) is 0 Å². The molecule has 0 aliphatic heterocycles. The number of hydrogen-bond acceptors (Lipinski definition) is 2. The van der Waals surface area contributed by atoms with Crippen LogP contribution in [-0.4, -0.2) is 27.8 Å². The van der Waals surface area contributed by atoms with E-state index in [0.717, 1.165) is 16.8 Å². The maximum atomic E-state index is 12.5. The molecule has 0 radical (unpaired) electrons. The summed E-state index contributed by atoms with van der Waals surface area (Å²) in [5, 5.41) is 7.17. The Morgan fingerprint density at radius 3 is 2.76 bits per heavy atom. The van der Waals surface area contributed by atoms with Crippen LogP contribution < -0.4 is 5.32 Å². The summed E-state index contributed by atoms with van der Waals surface area (Å²) in [4.78, 5) is 14.1. The molecule has 0 bridgehead atoms. The van der Waals surface area contributed by atoms with Gasteiger partial charge in [0, 0.05) is 31.7 Å². The predicted molar refractivity (Wildman–Crippen MR) is 99.4 cm³/mol. The molecule has 2 aromatic carbocycles. The Morgan fingerprint density at radius 1 is 1.16 bits per heavy atom. The molecule has 5 heteroatoms. The highest BCUT2D eigenvalue weighted by molar-refractivity contribution is 5.89. The maximum absolute atomic E-state index is 12.5. The molecule has 0 aliphatic carbocycles. The van der Waals surface area contributed by atoms with E-state index < -0.39 is 0 Å². The molecule has 0 spiro atoms. The van der Waals surface area contributed by atoms with E-state index in [1.165, 1.54) is 5.56 Å². The first-order valence-corrected chi connectivity index (χ1v) is 8.25. The van der Waals surface area contributed by atoms with E-state index in [9.17, 15) is 4.79 Å². The lowest BCUT2D eigenvalue weighted by Gasteiger charge is -2.19. The number of anilines is 1. The van der Waals surface area contributed by atoms with Crippen LogP contribution in [0.1, 0.15) is 16.7 Å². The minimum absolute atomic E-state index is 0.125. The molecule has 1 aromatic heterocycles. The van der Waals surface area contributed by atoms with Gasteiger partial charge in [-0.2, -0.15) is 5.10 Å². The average molecular weight is 334 g/mol. The van der Waals surface area contributed by atoms with E-state index in [1.807, 2.05) is 59.4 Å². The molecular weight excluding hydrogens is 312 g/mol. The fraction of sp³-hybridized carbons (Fsp3) is 0.200. The summed E-state index contributed by atoms with van der Waals surface area (Å²) in [5.41, 5.74) is 4.20. The molecule has 25 heavy (non-hydrogen) atoms. The third-order valence-corrected chi connectivity index (χ3v) is 4.10. The van der Waals surface area contributed by atoms with Crippen LogP contribution in [0.15, 0.2) is 67.0 Å². The molecule has 0 atom stereocenters. The van der Waals surface area contributed by atoms with E-state index in [0.29, 0.717) is 13.1 Å². The molecule has 5 nitrogen and oxygen atoms in total. The number of carbonyl (C=O) groups is 1. The van der Waals surface area contributed by atoms with Gasteiger partial charge in [0.1, 0.15) is 0 Å². The van der Waals surface area contributed by atoms with E-state index in [1.54, 1.807) is 18.1 Å². The normalized spacial score (nSPS) is 10.5. The molecule has 3 rings (SSSR count). The minimum Gasteiger partial charge on any atom is -0.323 e. The largest absolute Gasteiger partial charge is 0.323 e. The number of nitrogens with zero attached hydrogens (tertiary/aromatic N) is 3. The molecule has 1 heterocycles. The smallest absolute Gasteiger partial charge is 0.321 e. The second kappa shape index (κ2) is 7.66. The molecule has 1 N–H and O–H groups in total. The second-order valence-electron chi connectivity index (χ2n) is 6.12. The minimum atomic E-state index is -0.125. The predicted octanol–water partition coefficient (Wildman–Crippen LogP) is 3.90. The van der Waals surface area contributed by atoms with Crippen molar-refractivity contribution in [1.82, 2.24) is 14.7 Å².